The summed E-state index contributed by atoms with van der Waals surface area (Å²) in [6, 6.07) is 13.6. The summed E-state index contributed by atoms with van der Waals surface area (Å²) in [5.41, 5.74) is 2.33. The van der Waals surface area contributed by atoms with Gasteiger partial charge < -0.3 is 10.2 Å². The Balaban J connectivity index is 1.81. The van der Waals surface area contributed by atoms with Gasteiger partial charge in [0.05, 0.1) is 6.04 Å². The van der Waals surface area contributed by atoms with Crippen LogP contribution >= 0.6 is 23.6 Å². The lowest BCUT2D eigenvalue weighted by Gasteiger charge is -2.40. The average molecular weight is 359 g/mol. The molecule has 0 unspecified atom stereocenters. The van der Waals surface area contributed by atoms with Gasteiger partial charge in [-0.25, -0.2) is 0 Å². The predicted octanol–water partition coefficient (Wildman–Crippen LogP) is 6.15. The first kappa shape index (κ1) is 17.4. The molecule has 1 aliphatic rings. The predicted molar refractivity (Wildman–Crippen MR) is 109 cm³/mol. The number of thiocarbonyl (C=S) groups is 1. The number of anilines is 1. The van der Waals surface area contributed by atoms with Crippen LogP contribution in [-0.4, -0.2) is 16.1 Å². The minimum atomic E-state index is 0.318. The molecule has 0 bridgehead atoms. The molecule has 3 rings (SSSR count). The number of nitrogens with zero attached hydrogens (tertiary/aromatic N) is 1. The Morgan fingerprint density at radius 3 is 2.67 bits per heavy atom. The first-order valence-corrected chi connectivity index (χ1v) is 10.1. The molecule has 1 saturated carbocycles. The SMILES string of the molecule is Cc1cccc(NC(=S)N(C2CCCCC2)[C@H](C)c2cccs2)c1. The van der Waals surface area contributed by atoms with E-state index in [1.807, 2.05) is 11.3 Å². The Kier molecular flexibility index (Phi) is 5.90. The van der Waals surface area contributed by atoms with Crippen molar-refractivity contribution in [3.05, 3.63) is 52.2 Å². The van der Waals surface area contributed by atoms with E-state index >= 15 is 0 Å². The van der Waals surface area contributed by atoms with Crippen molar-refractivity contribution in [2.45, 2.75) is 58.0 Å². The van der Waals surface area contributed by atoms with E-state index in [1.165, 1.54) is 42.5 Å². The van der Waals surface area contributed by atoms with Crippen molar-refractivity contribution in [2.24, 2.45) is 0 Å². The van der Waals surface area contributed by atoms with Crippen molar-refractivity contribution in [1.29, 1.82) is 0 Å². The maximum absolute atomic E-state index is 5.85. The van der Waals surface area contributed by atoms with Crippen LogP contribution in [0.25, 0.3) is 0 Å². The van der Waals surface area contributed by atoms with E-state index in [0.717, 1.165) is 10.8 Å². The second kappa shape index (κ2) is 8.13. The molecule has 128 valence electrons. The van der Waals surface area contributed by atoms with Crippen LogP contribution in [0.1, 0.15) is 55.5 Å². The zero-order valence-corrected chi connectivity index (χ0v) is 16.1. The molecular weight excluding hydrogens is 332 g/mol. The highest BCUT2D eigenvalue weighted by molar-refractivity contribution is 7.80. The molecule has 1 aromatic carbocycles. The van der Waals surface area contributed by atoms with Gasteiger partial charge in [0.25, 0.3) is 0 Å². The standard InChI is InChI=1S/C20H26N2S2/c1-15-8-6-9-17(14-15)21-20(23)22(18-10-4-3-5-11-18)16(2)19-12-7-13-24-19/h6-9,12-14,16,18H,3-5,10-11H2,1-2H3,(H,21,23)/t16-/m1/s1. The molecule has 0 spiro atoms. The maximum Gasteiger partial charge on any atom is 0.174 e. The highest BCUT2D eigenvalue weighted by Crippen LogP contribution is 2.32. The quantitative estimate of drug-likeness (QED) is 0.660. The molecule has 0 amide bonds. The zero-order chi connectivity index (χ0) is 16.9. The van der Waals surface area contributed by atoms with Gasteiger partial charge in [-0.15, -0.1) is 11.3 Å². The fourth-order valence-corrected chi connectivity index (χ4v) is 4.80. The van der Waals surface area contributed by atoms with Crippen LogP contribution in [0.15, 0.2) is 41.8 Å². The molecule has 1 aromatic heterocycles. The van der Waals surface area contributed by atoms with E-state index in [4.69, 9.17) is 12.2 Å². The van der Waals surface area contributed by atoms with Crippen LogP contribution in [0.4, 0.5) is 5.69 Å². The third-order valence-corrected chi connectivity index (χ3v) is 6.20. The third-order valence-electron chi connectivity index (χ3n) is 4.84. The molecular formula is C20H26N2S2. The first-order valence-electron chi connectivity index (χ1n) is 8.84. The third kappa shape index (κ3) is 4.17. The summed E-state index contributed by atoms with van der Waals surface area (Å²) in [7, 11) is 0. The lowest BCUT2D eigenvalue weighted by atomic mass is 9.93. The smallest absolute Gasteiger partial charge is 0.174 e. The van der Waals surface area contributed by atoms with Crippen LogP contribution in [-0.2, 0) is 0 Å². The Hall–Kier alpha value is -1.39. The van der Waals surface area contributed by atoms with Gasteiger partial charge in [0.1, 0.15) is 0 Å². The number of benzene rings is 1. The van der Waals surface area contributed by atoms with Gasteiger partial charge in [-0.2, -0.15) is 0 Å². The van der Waals surface area contributed by atoms with Gasteiger partial charge in [-0.1, -0.05) is 37.5 Å². The van der Waals surface area contributed by atoms with Crippen molar-refractivity contribution in [2.75, 3.05) is 5.32 Å². The number of thiophene rings is 1. The normalized spacial score (nSPS) is 16.6. The first-order chi connectivity index (χ1) is 11.6. The monoisotopic (exact) mass is 358 g/mol. The van der Waals surface area contributed by atoms with E-state index in [9.17, 15) is 0 Å². The summed E-state index contributed by atoms with van der Waals surface area (Å²) in [6.07, 6.45) is 6.46. The van der Waals surface area contributed by atoms with Crippen molar-refractivity contribution >= 4 is 34.4 Å². The second-order valence-electron chi connectivity index (χ2n) is 6.69. The van der Waals surface area contributed by atoms with Gasteiger partial charge >= 0.3 is 0 Å². The van der Waals surface area contributed by atoms with Gasteiger partial charge in [-0.05, 0) is 68.0 Å². The minimum absolute atomic E-state index is 0.318. The highest BCUT2D eigenvalue weighted by atomic mass is 32.1. The largest absolute Gasteiger partial charge is 0.338 e. The summed E-state index contributed by atoms with van der Waals surface area (Å²) in [5, 5.41) is 6.49. The Morgan fingerprint density at radius 1 is 1.21 bits per heavy atom. The van der Waals surface area contributed by atoms with Gasteiger partial charge in [0.2, 0.25) is 0 Å². The van der Waals surface area contributed by atoms with E-state index in [0.29, 0.717) is 12.1 Å². The fourth-order valence-electron chi connectivity index (χ4n) is 3.59. The molecule has 0 radical (unpaired) electrons. The second-order valence-corrected chi connectivity index (χ2v) is 8.06. The molecule has 1 heterocycles. The highest BCUT2D eigenvalue weighted by Gasteiger charge is 2.28. The van der Waals surface area contributed by atoms with Crippen molar-refractivity contribution in [1.82, 2.24) is 4.90 Å². The Labute approximate surface area is 154 Å². The molecule has 1 N–H and O–H groups in total. The number of rotatable bonds is 4. The maximum atomic E-state index is 5.85. The zero-order valence-electron chi connectivity index (χ0n) is 14.5. The van der Waals surface area contributed by atoms with E-state index in [1.54, 1.807) is 0 Å². The molecule has 1 aliphatic carbocycles. The van der Waals surface area contributed by atoms with Crippen molar-refractivity contribution in [3.63, 3.8) is 0 Å². The molecule has 24 heavy (non-hydrogen) atoms. The number of hydrogen-bond donors (Lipinski definition) is 1. The van der Waals surface area contributed by atoms with E-state index in [-0.39, 0.29) is 0 Å². The summed E-state index contributed by atoms with van der Waals surface area (Å²) in [5.74, 6) is 0. The molecule has 4 heteroatoms. The fraction of sp³-hybridized carbons (Fsp3) is 0.450. The lowest BCUT2D eigenvalue weighted by Crippen LogP contribution is -2.45. The Morgan fingerprint density at radius 2 is 2.00 bits per heavy atom. The van der Waals surface area contributed by atoms with E-state index < -0.39 is 0 Å². The van der Waals surface area contributed by atoms with Crippen molar-refractivity contribution < 1.29 is 0 Å². The number of nitrogens with one attached hydrogen (secondary N) is 1. The van der Waals surface area contributed by atoms with Gasteiger partial charge in [-0.3, -0.25) is 0 Å². The van der Waals surface area contributed by atoms with Crippen LogP contribution in [0.3, 0.4) is 0 Å². The molecule has 2 aromatic rings. The van der Waals surface area contributed by atoms with Crippen LogP contribution < -0.4 is 5.32 Å². The van der Waals surface area contributed by atoms with Crippen LogP contribution in [0.5, 0.6) is 0 Å². The van der Waals surface area contributed by atoms with Crippen LogP contribution in [0, 0.1) is 6.92 Å². The number of hydrogen-bond acceptors (Lipinski definition) is 2. The van der Waals surface area contributed by atoms with Crippen LogP contribution in [0.2, 0.25) is 0 Å². The topological polar surface area (TPSA) is 15.3 Å². The van der Waals surface area contributed by atoms with E-state index in [2.05, 4.69) is 65.8 Å². The summed E-state index contributed by atoms with van der Waals surface area (Å²) in [6.45, 7) is 4.39. The minimum Gasteiger partial charge on any atom is -0.338 e. The van der Waals surface area contributed by atoms with Gasteiger partial charge in [0.15, 0.2) is 5.11 Å². The molecule has 0 aliphatic heterocycles. The summed E-state index contributed by atoms with van der Waals surface area (Å²) >= 11 is 7.67. The lowest BCUT2D eigenvalue weighted by molar-refractivity contribution is 0.205. The average Bonchev–Trinajstić information content (AvgIpc) is 3.10. The number of aryl methyl sites for hydroxylation is 1. The summed E-state index contributed by atoms with van der Waals surface area (Å²) in [4.78, 5) is 3.83. The Bertz CT molecular complexity index is 660. The molecule has 1 atom stereocenters. The molecule has 1 fully saturated rings. The van der Waals surface area contributed by atoms with Crippen molar-refractivity contribution in [3.8, 4) is 0 Å². The summed E-state index contributed by atoms with van der Waals surface area (Å²) < 4.78 is 0. The van der Waals surface area contributed by atoms with Gasteiger partial charge in [0, 0.05) is 16.6 Å². The molecule has 2 nitrogen and oxygen atoms in total. The molecule has 0 saturated heterocycles.